The summed E-state index contributed by atoms with van der Waals surface area (Å²) in [4.78, 5) is 23.0. The number of benzene rings is 3. The molecule has 0 aliphatic carbocycles. The Labute approximate surface area is 251 Å². The predicted octanol–water partition coefficient (Wildman–Crippen LogP) is 7.00. The lowest BCUT2D eigenvalue weighted by molar-refractivity contribution is 0.0989. The molecule has 222 valence electrons. The third kappa shape index (κ3) is 4.38. The molecule has 44 heavy (non-hydrogen) atoms. The first kappa shape index (κ1) is 27.9. The summed E-state index contributed by atoms with van der Waals surface area (Å²) in [5.74, 6) is -0.690. The van der Waals surface area contributed by atoms with E-state index >= 15 is 0 Å². The van der Waals surface area contributed by atoms with Crippen LogP contribution in [0.3, 0.4) is 0 Å². The molecule has 0 saturated carbocycles. The number of carbonyl (C=O) groups is 1. The highest BCUT2D eigenvalue weighted by Gasteiger charge is 2.28. The van der Waals surface area contributed by atoms with Gasteiger partial charge in [0, 0.05) is 54.4 Å². The van der Waals surface area contributed by atoms with E-state index in [1.807, 2.05) is 10.6 Å². The van der Waals surface area contributed by atoms with Crippen molar-refractivity contribution in [2.75, 3.05) is 17.6 Å². The summed E-state index contributed by atoms with van der Waals surface area (Å²) >= 11 is 0. The van der Waals surface area contributed by atoms with E-state index in [0.717, 1.165) is 21.8 Å². The van der Waals surface area contributed by atoms with Crippen LogP contribution in [-0.2, 0) is 23.0 Å². The van der Waals surface area contributed by atoms with Crippen LogP contribution in [0.1, 0.15) is 29.4 Å². The molecule has 1 aliphatic rings. The Bertz CT molecular complexity index is 2260. The Kier molecular flexibility index (Phi) is 6.40. The van der Waals surface area contributed by atoms with Gasteiger partial charge in [0.1, 0.15) is 28.7 Å². The normalized spacial score (nSPS) is 12.8. The fourth-order valence-electron chi connectivity index (χ4n) is 5.87. The number of rotatable bonds is 6. The molecule has 8 nitrogen and oxygen atoms in total. The van der Waals surface area contributed by atoms with E-state index in [4.69, 9.17) is 14.4 Å². The van der Waals surface area contributed by atoms with Crippen molar-refractivity contribution >= 4 is 43.4 Å². The minimum atomic E-state index is -3.74. The molecule has 0 radical (unpaired) electrons. The zero-order valence-electron chi connectivity index (χ0n) is 24.1. The SMILES string of the molecule is CCC(=O)c1c(-c2ccc(F)cc2)oc2cc(N(C)S(C)(=O)=O)c(-c3cnc4c(n3)-c3cc5c(F)cccc5n3CC4)cc12. The minimum Gasteiger partial charge on any atom is -0.455 e. The number of hydrogen-bond donors (Lipinski definition) is 0. The van der Waals surface area contributed by atoms with Gasteiger partial charge in [-0.25, -0.2) is 22.2 Å². The molecule has 0 saturated heterocycles. The Morgan fingerprint density at radius 3 is 2.57 bits per heavy atom. The molecule has 3 aromatic carbocycles. The number of Topliss-reactive ketones (excluding diaryl/α,β-unsaturated/α-hetero) is 1. The molecule has 0 fully saturated rings. The molecular formula is C33H26F2N4O4S. The van der Waals surface area contributed by atoms with Gasteiger partial charge in [-0.15, -0.1) is 0 Å². The van der Waals surface area contributed by atoms with Crippen LogP contribution in [0.4, 0.5) is 14.5 Å². The van der Waals surface area contributed by atoms with Crippen molar-refractivity contribution < 1.29 is 26.4 Å². The zero-order chi connectivity index (χ0) is 30.9. The van der Waals surface area contributed by atoms with Crippen LogP contribution in [0, 0.1) is 11.6 Å². The molecule has 0 N–H and O–H groups in total. The molecule has 0 bridgehead atoms. The fourth-order valence-corrected chi connectivity index (χ4v) is 6.38. The first-order chi connectivity index (χ1) is 21.0. The maximum absolute atomic E-state index is 14.7. The highest BCUT2D eigenvalue weighted by atomic mass is 32.2. The van der Waals surface area contributed by atoms with Gasteiger partial charge in [-0.1, -0.05) is 13.0 Å². The number of aryl methyl sites for hydroxylation is 2. The zero-order valence-corrected chi connectivity index (χ0v) is 24.9. The lowest BCUT2D eigenvalue weighted by Gasteiger charge is -2.22. The Balaban J connectivity index is 1.50. The summed E-state index contributed by atoms with van der Waals surface area (Å²) in [6.45, 7) is 2.35. The van der Waals surface area contributed by atoms with Crippen LogP contribution < -0.4 is 4.31 Å². The fraction of sp³-hybridized carbons (Fsp3) is 0.182. The van der Waals surface area contributed by atoms with E-state index in [1.54, 1.807) is 37.4 Å². The van der Waals surface area contributed by atoms with Gasteiger partial charge in [0.2, 0.25) is 10.0 Å². The number of sulfonamides is 1. The molecule has 1 aliphatic heterocycles. The molecule has 11 heteroatoms. The highest BCUT2D eigenvalue weighted by molar-refractivity contribution is 7.92. The molecule has 0 unspecified atom stereocenters. The van der Waals surface area contributed by atoms with Crippen molar-refractivity contribution in [2.45, 2.75) is 26.3 Å². The first-order valence-corrected chi connectivity index (χ1v) is 15.9. The number of hydrogen-bond acceptors (Lipinski definition) is 6. The predicted molar refractivity (Wildman–Crippen MR) is 165 cm³/mol. The summed E-state index contributed by atoms with van der Waals surface area (Å²) in [5.41, 5.74) is 4.94. The van der Waals surface area contributed by atoms with Gasteiger partial charge >= 0.3 is 0 Å². The largest absolute Gasteiger partial charge is 0.455 e. The van der Waals surface area contributed by atoms with Crippen LogP contribution >= 0.6 is 0 Å². The molecule has 0 atom stereocenters. The van der Waals surface area contributed by atoms with E-state index in [1.165, 1.54) is 37.4 Å². The van der Waals surface area contributed by atoms with E-state index in [0.29, 0.717) is 57.5 Å². The van der Waals surface area contributed by atoms with Gasteiger partial charge in [-0.3, -0.25) is 14.1 Å². The van der Waals surface area contributed by atoms with Crippen LogP contribution in [-0.4, -0.2) is 42.0 Å². The third-order valence-corrected chi connectivity index (χ3v) is 9.37. The summed E-state index contributed by atoms with van der Waals surface area (Å²) < 4.78 is 63.3. The van der Waals surface area contributed by atoms with Gasteiger partial charge in [-0.2, -0.15) is 0 Å². The smallest absolute Gasteiger partial charge is 0.232 e. The molecule has 7 rings (SSSR count). The van der Waals surface area contributed by atoms with E-state index < -0.39 is 15.8 Å². The maximum Gasteiger partial charge on any atom is 0.232 e. The number of anilines is 1. The van der Waals surface area contributed by atoms with E-state index in [9.17, 15) is 22.0 Å². The van der Waals surface area contributed by atoms with Crippen molar-refractivity contribution in [3.63, 3.8) is 0 Å². The van der Waals surface area contributed by atoms with Crippen molar-refractivity contribution in [1.82, 2.24) is 14.5 Å². The molecule has 0 amide bonds. The van der Waals surface area contributed by atoms with E-state index in [2.05, 4.69) is 0 Å². The van der Waals surface area contributed by atoms with Gasteiger partial charge in [0.15, 0.2) is 5.78 Å². The van der Waals surface area contributed by atoms with E-state index in [-0.39, 0.29) is 35.1 Å². The van der Waals surface area contributed by atoms with Gasteiger partial charge in [0.05, 0.1) is 46.3 Å². The minimum absolute atomic E-state index is 0.183. The first-order valence-electron chi connectivity index (χ1n) is 14.0. The Morgan fingerprint density at radius 2 is 1.84 bits per heavy atom. The quantitative estimate of drug-likeness (QED) is 0.188. The summed E-state index contributed by atoms with van der Waals surface area (Å²) in [5, 5.41) is 0.948. The lowest BCUT2D eigenvalue weighted by Crippen LogP contribution is -2.25. The second kappa shape index (κ2) is 10.1. The number of carbonyl (C=O) groups excluding carboxylic acids is 1. The van der Waals surface area contributed by atoms with Crippen LogP contribution in [0.15, 0.2) is 71.3 Å². The molecule has 4 heterocycles. The number of fused-ring (bicyclic) bond motifs is 6. The van der Waals surface area contributed by atoms with Gasteiger partial charge < -0.3 is 8.98 Å². The van der Waals surface area contributed by atoms with Gasteiger partial charge in [-0.05, 0) is 48.5 Å². The maximum atomic E-state index is 14.7. The second-order valence-electron chi connectivity index (χ2n) is 10.8. The standard InChI is InChI=1S/C33H26F2N4O4S/c1-4-29(40)31-22-14-21(27(38(2)44(3,41)42)16-30(22)43-33(31)18-8-10-19(34)11-9-18)25-17-36-24-12-13-39-26-7-5-6-23(35)20(26)15-28(39)32(24)37-25/h5-11,14-17H,4,12-13H2,1-3H3. The number of ketones is 1. The van der Waals surface area contributed by atoms with Crippen LogP contribution in [0.2, 0.25) is 0 Å². The number of halogens is 2. The summed E-state index contributed by atoms with van der Waals surface area (Å²) in [6, 6.07) is 15.6. The van der Waals surface area contributed by atoms with Crippen molar-refractivity contribution in [3.05, 3.63) is 89.8 Å². The van der Waals surface area contributed by atoms with Crippen molar-refractivity contribution in [3.8, 4) is 34.0 Å². The summed E-state index contributed by atoms with van der Waals surface area (Å²) in [6.07, 6.45) is 3.44. The molecule has 6 aromatic rings. The van der Waals surface area contributed by atoms with Gasteiger partial charge in [0.25, 0.3) is 0 Å². The van der Waals surface area contributed by atoms with Crippen LogP contribution in [0.5, 0.6) is 0 Å². The van der Waals surface area contributed by atoms with Crippen molar-refractivity contribution in [2.24, 2.45) is 0 Å². The lowest BCUT2D eigenvalue weighted by atomic mass is 9.98. The molecule has 0 spiro atoms. The van der Waals surface area contributed by atoms with Crippen LogP contribution in [0.25, 0.3) is 55.8 Å². The average molecular weight is 613 g/mol. The number of furan rings is 1. The third-order valence-electron chi connectivity index (χ3n) is 8.18. The Morgan fingerprint density at radius 1 is 1.07 bits per heavy atom. The molecular weight excluding hydrogens is 586 g/mol. The monoisotopic (exact) mass is 612 g/mol. The average Bonchev–Trinajstić information content (AvgIpc) is 3.59. The molecule has 3 aromatic heterocycles. The Hall–Kier alpha value is -4.90. The second-order valence-corrected chi connectivity index (χ2v) is 12.9. The van der Waals surface area contributed by atoms with Crippen molar-refractivity contribution in [1.29, 1.82) is 0 Å². The summed E-state index contributed by atoms with van der Waals surface area (Å²) in [7, 11) is -2.31. The topological polar surface area (TPSA) is 98.3 Å². The highest BCUT2D eigenvalue weighted by Crippen LogP contribution is 2.42. The number of aromatic nitrogens is 3. The number of nitrogens with zero attached hydrogens (tertiary/aromatic N) is 4.